The fourth-order valence-electron chi connectivity index (χ4n) is 4.47. The second-order valence-corrected chi connectivity index (χ2v) is 7.92. The van der Waals surface area contributed by atoms with Gasteiger partial charge in [-0.05, 0) is 50.8 Å². The van der Waals surface area contributed by atoms with Gasteiger partial charge in [0.2, 0.25) is 0 Å². The van der Waals surface area contributed by atoms with E-state index in [2.05, 4.69) is 79.4 Å². The Morgan fingerprint density at radius 1 is 0.926 bits per heavy atom. The summed E-state index contributed by atoms with van der Waals surface area (Å²) in [7, 11) is 0. The molecule has 1 aliphatic carbocycles. The lowest BCUT2D eigenvalue weighted by molar-refractivity contribution is 0.301. The molecule has 0 radical (unpaired) electrons. The highest BCUT2D eigenvalue weighted by atomic mass is 15.3. The fourth-order valence-corrected chi connectivity index (χ4v) is 4.47. The van der Waals surface area contributed by atoms with Crippen LogP contribution in [0.3, 0.4) is 0 Å². The smallest absolute Gasteiger partial charge is 0.0923 e. The number of nitrogens with one attached hydrogen (secondary N) is 1. The summed E-state index contributed by atoms with van der Waals surface area (Å²) in [6.07, 6.45) is 7.08. The van der Waals surface area contributed by atoms with Crippen molar-refractivity contribution in [1.82, 2.24) is 9.78 Å². The number of rotatable bonds is 4. The molecular weight excluding hydrogens is 330 g/mol. The SMILES string of the molecule is Cc1cc(C)c(N[C@H]2CCCC[C@@H]2n2ccc(-c3ccccc3)n2)c(C)c1. The minimum Gasteiger partial charge on any atom is -0.380 e. The molecule has 0 aliphatic heterocycles. The van der Waals surface area contributed by atoms with Crippen LogP contribution in [0.2, 0.25) is 0 Å². The first-order valence-electron chi connectivity index (χ1n) is 10.1. The van der Waals surface area contributed by atoms with Crippen molar-refractivity contribution in [2.45, 2.75) is 58.5 Å². The first kappa shape index (κ1) is 17.8. The van der Waals surface area contributed by atoms with Gasteiger partial charge in [-0.15, -0.1) is 0 Å². The van der Waals surface area contributed by atoms with Gasteiger partial charge in [0.05, 0.1) is 11.7 Å². The first-order valence-corrected chi connectivity index (χ1v) is 10.1. The summed E-state index contributed by atoms with van der Waals surface area (Å²) in [5.41, 5.74) is 7.54. The van der Waals surface area contributed by atoms with E-state index in [-0.39, 0.29) is 0 Å². The zero-order valence-electron chi connectivity index (χ0n) is 16.6. The van der Waals surface area contributed by atoms with E-state index in [0.717, 1.165) is 5.69 Å². The second kappa shape index (κ2) is 7.59. The summed E-state index contributed by atoms with van der Waals surface area (Å²) in [5, 5.41) is 8.81. The van der Waals surface area contributed by atoms with E-state index in [4.69, 9.17) is 5.10 Å². The summed E-state index contributed by atoms with van der Waals surface area (Å²) in [5.74, 6) is 0. The summed E-state index contributed by atoms with van der Waals surface area (Å²) >= 11 is 0. The standard InChI is InChI=1S/C24H29N3/c1-17-15-18(2)24(19(3)16-17)25-22-11-7-8-12-23(22)27-14-13-21(26-27)20-9-5-4-6-10-20/h4-6,9-10,13-16,22-23,25H,7-8,11-12H2,1-3H3/t22-,23-/m0/s1. The molecule has 1 fully saturated rings. The Morgan fingerprint density at radius 3 is 2.37 bits per heavy atom. The van der Waals surface area contributed by atoms with Crippen LogP contribution in [0, 0.1) is 20.8 Å². The van der Waals surface area contributed by atoms with E-state index >= 15 is 0 Å². The Hall–Kier alpha value is -2.55. The minimum atomic E-state index is 0.399. The lowest BCUT2D eigenvalue weighted by Gasteiger charge is -2.34. The average Bonchev–Trinajstić information content (AvgIpc) is 3.16. The van der Waals surface area contributed by atoms with Crippen molar-refractivity contribution < 1.29 is 0 Å². The molecule has 1 aromatic heterocycles. The Morgan fingerprint density at radius 2 is 1.63 bits per heavy atom. The van der Waals surface area contributed by atoms with Crippen LogP contribution in [-0.4, -0.2) is 15.8 Å². The van der Waals surface area contributed by atoms with Crippen LogP contribution in [0.15, 0.2) is 54.7 Å². The van der Waals surface area contributed by atoms with E-state index in [0.29, 0.717) is 12.1 Å². The van der Waals surface area contributed by atoms with Crippen molar-refractivity contribution in [2.75, 3.05) is 5.32 Å². The Bertz CT molecular complexity index is 887. The van der Waals surface area contributed by atoms with Crippen LogP contribution in [-0.2, 0) is 0 Å². The van der Waals surface area contributed by atoms with E-state index in [1.54, 1.807) is 0 Å². The van der Waals surface area contributed by atoms with Crippen molar-refractivity contribution in [2.24, 2.45) is 0 Å². The minimum absolute atomic E-state index is 0.399. The topological polar surface area (TPSA) is 29.9 Å². The summed E-state index contributed by atoms with van der Waals surface area (Å²) in [6.45, 7) is 6.59. The monoisotopic (exact) mass is 359 g/mol. The zero-order chi connectivity index (χ0) is 18.8. The molecule has 27 heavy (non-hydrogen) atoms. The molecule has 3 heteroatoms. The molecule has 1 heterocycles. The highest BCUT2D eigenvalue weighted by Gasteiger charge is 2.28. The average molecular weight is 360 g/mol. The number of hydrogen-bond donors (Lipinski definition) is 1. The number of anilines is 1. The molecule has 3 aromatic rings. The van der Waals surface area contributed by atoms with Crippen LogP contribution in [0.1, 0.15) is 48.4 Å². The van der Waals surface area contributed by atoms with Gasteiger partial charge in [-0.2, -0.15) is 5.10 Å². The van der Waals surface area contributed by atoms with Crippen LogP contribution in [0.4, 0.5) is 5.69 Å². The molecule has 0 amide bonds. The normalized spacial score (nSPS) is 19.8. The predicted molar refractivity (Wildman–Crippen MR) is 113 cm³/mol. The van der Waals surface area contributed by atoms with Gasteiger partial charge >= 0.3 is 0 Å². The molecule has 3 nitrogen and oxygen atoms in total. The number of aryl methyl sites for hydroxylation is 3. The summed E-state index contributed by atoms with van der Waals surface area (Å²) in [6, 6.07) is 18.0. The van der Waals surface area contributed by atoms with E-state index in [1.165, 1.54) is 53.6 Å². The first-order chi connectivity index (χ1) is 13.1. The molecule has 0 bridgehead atoms. The lowest BCUT2D eigenvalue weighted by Crippen LogP contribution is -2.35. The van der Waals surface area contributed by atoms with Gasteiger partial charge in [-0.1, -0.05) is 60.9 Å². The van der Waals surface area contributed by atoms with Crippen LogP contribution >= 0.6 is 0 Å². The number of aromatic nitrogens is 2. The molecule has 1 saturated carbocycles. The van der Waals surface area contributed by atoms with E-state index in [9.17, 15) is 0 Å². The van der Waals surface area contributed by atoms with Gasteiger partial charge in [0.25, 0.3) is 0 Å². The van der Waals surface area contributed by atoms with Crippen LogP contribution < -0.4 is 5.32 Å². The predicted octanol–water partition coefficient (Wildman–Crippen LogP) is 6.07. The third-order valence-electron chi connectivity index (χ3n) is 5.75. The quantitative estimate of drug-likeness (QED) is 0.612. The van der Waals surface area contributed by atoms with Gasteiger partial charge in [-0.25, -0.2) is 0 Å². The Balaban J connectivity index is 1.59. The van der Waals surface area contributed by atoms with Crippen molar-refractivity contribution in [1.29, 1.82) is 0 Å². The molecule has 0 spiro atoms. The van der Waals surface area contributed by atoms with E-state index < -0.39 is 0 Å². The van der Waals surface area contributed by atoms with Crippen molar-refractivity contribution in [3.05, 3.63) is 71.4 Å². The molecular formula is C24H29N3. The molecule has 1 aliphatic rings. The van der Waals surface area contributed by atoms with Crippen LogP contribution in [0.25, 0.3) is 11.3 Å². The lowest BCUT2D eigenvalue weighted by atomic mass is 9.89. The van der Waals surface area contributed by atoms with Gasteiger partial charge in [-0.3, -0.25) is 4.68 Å². The molecule has 0 unspecified atom stereocenters. The highest BCUT2D eigenvalue weighted by molar-refractivity contribution is 5.59. The maximum atomic E-state index is 4.93. The van der Waals surface area contributed by atoms with Gasteiger partial charge < -0.3 is 5.32 Å². The second-order valence-electron chi connectivity index (χ2n) is 7.92. The Labute approximate surface area is 162 Å². The molecule has 140 valence electrons. The maximum absolute atomic E-state index is 4.93. The van der Waals surface area contributed by atoms with Crippen molar-refractivity contribution >= 4 is 5.69 Å². The number of nitrogens with zero attached hydrogens (tertiary/aromatic N) is 2. The third-order valence-corrected chi connectivity index (χ3v) is 5.75. The maximum Gasteiger partial charge on any atom is 0.0923 e. The van der Waals surface area contributed by atoms with Gasteiger partial charge in [0.1, 0.15) is 0 Å². The number of hydrogen-bond acceptors (Lipinski definition) is 2. The molecule has 2 atom stereocenters. The molecule has 4 rings (SSSR count). The zero-order valence-corrected chi connectivity index (χ0v) is 16.6. The highest BCUT2D eigenvalue weighted by Crippen LogP contribution is 2.33. The molecule has 1 N–H and O–H groups in total. The van der Waals surface area contributed by atoms with Crippen LogP contribution in [0.5, 0.6) is 0 Å². The Kier molecular flexibility index (Phi) is 5.02. The van der Waals surface area contributed by atoms with Crippen molar-refractivity contribution in [3.8, 4) is 11.3 Å². The fraction of sp³-hybridized carbons (Fsp3) is 0.375. The summed E-state index contributed by atoms with van der Waals surface area (Å²) < 4.78 is 2.19. The summed E-state index contributed by atoms with van der Waals surface area (Å²) in [4.78, 5) is 0. The molecule has 2 aromatic carbocycles. The number of benzene rings is 2. The largest absolute Gasteiger partial charge is 0.380 e. The van der Waals surface area contributed by atoms with Crippen molar-refractivity contribution in [3.63, 3.8) is 0 Å². The third kappa shape index (κ3) is 3.78. The van der Waals surface area contributed by atoms with Gasteiger partial charge in [0.15, 0.2) is 0 Å². The van der Waals surface area contributed by atoms with Gasteiger partial charge in [0, 0.05) is 23.5 Å². The van der Waals surface area contributed by atoms with E-state index in [1.807, 2.05) is 6.07 Å². The molecule has 0 saturated heterocycles.